The van der Waals surface area contributed by atoms with Crippen LogP contribution in [0.4, 0.5) is 0 Å². The van der Waals surface area contributed by atoms with E-state index in [9.17, 15) is 14.7 Å². The van der Waals surface area contributed by atoms with E-state index in [-0.39, 0.29) is 52.9 Å². The largest absolute Gasteiger partial charge is 1.00 e. The molecular formula is C23H17N2NaO4S2. The van der Waals surface area contributed by atoms with Crippen LogP contribution in [0.5, 0.6) is 5.75 Å². The van der Waals surface area contributed by atoms with Crippen molar-refractivity contribution in [1.82, 2.24) is 8.75 Å². The van der Waals surface area contributed by atoms with Crippen LogP contribution in [-0.4, -0.2) is 27.6 Å². The van der Waals surface area contributed by atoms with Crippen molar-refractivity contribution in [2.24, 2.45) is 0 Å². The summed E-state index contributed by atoms with van der Waals surface area (Å²) in [6.45, 7) is 1.89. The predicted octanol–water partition coefficient (Wildman–Crippen LogP) is 0.703. The van der Waals surface area contributed by atoms with Crippen molar-refractivity contribution < 1.29 is 49.0 Å². The minimum Gasteiger partial charge on any atom is -0.545 e. The van der Waals surface area contributed by atoms with E-state index >= 15 is 0 Å². The summed E-state index contributed by atoms with van der Waals surface area (Å²) in [7, 11) is 1.57. The molecule has 0 N–H and O–H groups in total. The van der Waals surface area contributed by atoms with E-state index in [1.54, 1.807) is 43.5 Å². The number of rotatable bonds is 7. The number of aromatic nitrogens is 2. The first-order valence-corrected chi connectivity index (χ1v) is 11.0. The molecule has 0 atom stereocenters. The number of nitrogens with zero attached hydrogens (tertiary/aromatic N) is 2. The second kappa shape index (κ2) is 10.5. The number of hydrogen-bond acceptors (Lipinski definition) is 8. The number of ketones is 1. The molecule has 0 aliphatic rings. The van der Waals surface area contributed by atoms with Gasteiger partial charge in [-0.1, -0.05) is 18.2 Å². The van der Waals surface area contributed by atoms with Crippen molar-refractivity contribution in [3.05, 3.63) is 81.1 Å². The molecule has 4 rings (SSSR count). The predicted molar refractivity (Wildman–Crippen MR) is 119 cm³/mol. The Hall–Kier alpha value is -2.36. The number of allylic oxidation sites excluding steroid dienone is 1. The van der Waals surface area contributed by atoms with Gasteiger partial charge < -0.3 is 14.6 Å². The van der Waals surface area contributed by atoms with Crippen molar-refractivity contribution >= 4 is 51.4 Å². The smallest absolute Gasteiger partial charge is 0.545 e. The molecular weight excluding hydrogens is 455 g/mol. The van der Waals surface area contributed by atoms with Gasteiger partial charge in [0.1, 0.15) is 16.8 Å². The Labute approximate surface area is 215 Å². The Kier molecular flexibility index (Phi) is 7.97. The summed E-state index contributed by atoms with van der Waals surface area (Å²) in [4.78, 5) is 26.2. The summed E-state index contributed by atoms with van der Waals surface area (Å²) >= 11 is 2.34. The van der Waals surface area contributed by atoms with Crippen LogP contribution in [0.3, 0.4) is 0 Å². The van der Waals surface area contributed by atoms with Gasteiger partial charge in [-0.05, 0) is 59.3 Å². The first kappa shape index (κ1) is 24.3. The van der Waals surface area contributed by atoms with Gasteiger partial charge in [-0.15, -0.1) is 11.3 Å². The fourth-order valence-corrected chi connectivity index (χ4v) is 4.66. The summed E-state index contributed by atoms with van der Waals surface area (Å²) in [5.74, 6) is -1.06. The average molecular weight is 473 g/mol. The summed E-state index contributed by atoms with van der Waals surface area (Å²) < 4.78 is 13.5. The number of carbonyl (C=O) groups is 2. The fraction of sp³-hybridized carbons (Fsp3) is 0.130. The molecule has 0 amide bonds. The maximum absolute atomic E-state index is 13.4. The number of hydrogen-bond donors (Lipinski definition) is 0. The van der Waals surface area contributed by atoms with E-state index in [0.717, 1.165) is 22.9 Å². The monoisotopic (exact) mass is 472 g/mol. The second-order valence-electron chi connectivity index (χ2n) is 6.95. The minimum atomic E-state index is -1.41. The van der Waals surface area contributed by atoms with Gasteiger partial charge in [-0.3, -0.25) is 4.79 Å². The van der Waals surface area contributed by atoms with Gasteiger partial charge >= 0.3 is 29.6 Å². The molecule has 0 saturated carbocycles. The van der Waals surface area contributed by atoms with E-state index in [1.165, 1.54) is 11.3 Å². The van der Waals surface area contributed by atoms with Crippen LogP contribution < -0.4 is 39.4 Å². The molecule has 0 saturated heterocycles. The van der Waals surface area contributed by atoms with Crippen molar-refractivity contribution in [3.63, 3.8) is 0 Å². The number of ether oxygens (including phenoxy) is 1. The third-order valence-electron chi connectivity index (χ3n) is 4.82. The van der Waals surface area contributed by atoms with Crippen LogP contribution in [0.1, 0.15) is 26.4 Å². The first-order valence-electron chi connectivity index (χ1n) is 9.36. The number of aryl methyl sites for hydroxylation is 1. The third kappa shape index (κ3) is 5.16. The number of thiophene rings is 1. The SMILES string of the molecule is COc1ccc(CC(C(=O)c2cc(C)cs2)=C(C(=O)[O-])c2ccc3nsnc3c2)cc1.[Na+]. The normalized spacial score (nSPS) is 11.6. The van der Waals surface area contributed by atoms with Gasteiger partial charge in [0.15, 0.2) is 5.78 Å². The number of carboxylic acid groups (broad SMARTS) is 1. The van der Waals surface area contributed by atoms with Gasteiger partial charge in [0.2, 0.25) is 0 Å². The molecule has 9 heteroatoms. The van der Waals surface area contributed by atoms with Crippen LogP contribution in [-0.2, 0) is 11.2 Å². The molecule has 2 aromatic carbocycles. The molecule has 0 unspecified atom stereocenters. The molecule has 0 aliphatic heterocycles. The van der Waals surface area contributed by atoms with Crippen LogP contribution in [0.25, 0.3) is 16.6 Å². The van der Waals surface area contributed by atoms with Gasteiger partial charge in [0.25, 0.3) is 0 Å². The van der Waals surface area contributed by atoms with Crippen molar-refractivity contribution in [1.29, 1.82) is 0 Å². The Bertz CT molecular complexity index is 1310. The second-order valence-corrected chi connectivity index (χ2v) is 8.39. The Morgan fingerprint density at radius 2 is 1.75 bits per heavy atom. The zero-order chi connectivity index (χ0) is 22.0. The molecule has 0 aliphatic carbocycles. The van der Waals surface area contributed by atoms with E-state index in [2.05, 4.69) is 8.75 Å². The van der Waals surface area contributed by atoms with E-state index in [0.29, 0.717) is 27.2 Å². The van der Waals surface area contributed by atoms with Crippen LogP contribution in [0, 0.1) is 6.92 Å². The van der Waals surface area contributed by atoms with Crippen molar-refractivity contribution in [3.8, 4) is 5.75 Å². The number of methoxy groups -OCH3 is 1. The van der Waals surface area contributed by atoms with Gasteiger partial charge in [-0.25, -0.2) is 0 Å². The van der Waals surface area contributed by atoms with Crippen LogP contribution >= 0.6 is 23.1 Å². The maximum atomic E-state index is 13.4. The van der Waals surface area contributed by atoms with Crippen LogP contribution in [0.15, 0.2) is 59.5 Å². The molecule has 0 fully saturated rings. The summed E-state index contributed by atoms with van der Waals surface area (Å²) in [6.07, 6.45) is 0.135. The topological polar surface area (TPSA) is 92.2 Å². The average Bonchev–Trinajstić information content (AvgIpc) is 3.41. The molecule has 2 heterocycles. The summed E-state index contributed by atoms with van der Waals surface area (Å²) in [6, 6.07) is 13.9. The van der Waals surface area contributed by atoms with E-state index < -0.39 is 5.97 Å². The van der Waals surface area contributed by atoms with Crippen LogP contribution in [0.2, 0.25) is 0 Å². The number of Topliss-reactive ketones (excluding diaryl/α,β-unsaturated/α-hetero) is 1. The molecule has 0 radical (unpaired) electrons. The van der Waals surface area contributed by atoms with Gasteiger partial charge in [-0.2, -0.15) is 8.75 Å². The fourth-order valence-electron chi connectivity index (χ4n) is 3.28. The standard InChI is InChI=1S/C23H18N2O4S2.Na/c1-13-9-20(30-12-13)22(26)17(10-14-3-6-16(29-2)7-4-14)21(23(27)28)15-5-8-18-19(11-15)25-31-24-18;/h3-9,11-12H,10H2,1-2H3,(H,27,28);/q;+1/p-1. The summed E-state index contributed by atoms with van der Waals surface area (Å²) in [5, 5.41) is 14.1. The van der Waals surface area contributed by atoms with Crippen molar-refractivity contribution in [2.45, 2.75) is 13.3 Å². The molecule has 32 heavy (non-hydrogen) atoms. The van der Waals surface area contributed by atoms with E-state index in [1.807, 2.05) is 24.4 Å². The molecule has 0 bridgehead atoms. The zero-order valence-electron chi connectivity index (χ0n) is 17.7. The molecule has 156 valence electrons. The van der Waals surface area contributed by atoms with Gasteiger partial charge in [0, 0.05) is 17.6 Å². The molecule has 2 aromatic heterocycles. The number of fused-ring (bicyclic) bond motifs is 1. The third-order valence-corrected chi connectivity index (χ3v) is 6.42. The van der Waals surface area contributed by atoms with E-state index in [4.69, 9.17) is 4.74 Å². The number of carbonyl (C=O) groups excluding carboxylic acids is 2. The minimum absolute atomic E-state index is 0. The molecule has 4 aromatic rings. The summed E-state index contributed by atoms with van der Waals surface area (Å²) in [5.41, 5.74) is 3.36. The first-order chi connectivity index (χ1) is 15.0. The Balaban J connectivity index is 0.00000289. The number of carboxylic acids is 1. The number of aliphatic carboxylic acids is 1. The molecule has 0 spiro atoms. The van der Waals surface area contributed by atoms with Gasteiger partial charge in [0.05, 0.1) is 29.7 Å². The Morgan fingerprint density at radius 3 is 2.38 bits per heavy atom. The quantitative estimate of drug-likeness (QED) is 0.223. The number of benzene rings is 2. The Morgan fingerprint density at radius 1 is 1.03 bits per heavy atom. The molecule has 6 nitrogen and oxygen atoms in total. The zero-order valence-corrected chi connectivity index (χ0v) is 21.4. The van der Waals surface area contributed by atoms with Crippen molar-refractivity contribution in [2.75, 3.05) is 7.11 Å². The maximum Gasteiger partial charge on any atom is 1.00 e.